The van der Waals surface area contributed by atoms with E-state index in [4.69, 9.17) is 9.72 Å². The molecule has 158 valence electrons. The number of hydrogen-bond donors (Lipinski definition) is 1. The van der Waals surface area contributed by atoms with Crippen molar-refractivity contribution in [3.8, 4) is 11.4 Å². The maximum Gasteiger partial charge on any atom is 0.274 e. The molecule has 1 aliphatic heterocycles. The van der Waals surface area contributed by atoms with Crippen LogP contribution in [0.4, 0.5) is 5.95 Å². The number of nitrogens with zero attached hydrogens (tertiary/aromatic N) is 5. The minimum Gasteiger partial charge on any atom is -0.497 e. The van der Waals surface area contributed by atoms with Gasteiger partial charge in [-0.25, -0.2) is 9.67 Å². The van der Waals surface area contributed by atoms with Gasteiger partial charge in [0, 0.05) is 32.4 Å². The number of aromatic amines is 1. The summed E-state index contributed by atoms with van der Waals surface area (Å²) in [5.74, 6) is 1.60. The van der Waals surface area contributed by atoms with Gasteiger partial charge >= 0.3 is 0 Å². The number of ether oxygens (including phenoxy) is 1. The molecule has 3 heterocycles. The van der Waals surface area contributed by atoms with E-state index in [1.807, 2.05) is 59.6 Å². The van der Waals surface area contributed by atoms with Crippen LogP contribution in [0.2, 0.25) is 0 Å². The van der Waals surface area contributed by atoms with Crippen molar-refractivity contribution >= 4 is 22.9 Å². The molecule has 8 nitrogen and oxygen atoms in total. The van der Waals surface area contributed by atoms with Crippen molar-refractivity contribution in [2.75, 3.05) is 38.2 Å². The number of imidazole rings is 1. The van der Waals surface area contributed by atoms with Gasteiger partial charge < -0.3 is 19.5 Å². The molecule has 2 aromatic carbocycles. The maximum absolute atomic E-state index is 13.1. The second-order valence-corrected chi connectivity index (χ2v) is 7.55. The number of benzene rings is 2. The quantitative estimate of drug-likeness (QED) is 0.553. The highest BCUT2D eigenvalue weighted by molar-refractivity contribution is 5.92. The molecule has 4 aromatic rings. The molecule has 0 aliphatic carbocycles. The van der Waals surface area contributed by atoms with Gasteiger partial charge in [0.1, 0.15) is 5.75 Å². The third-order valence-corrected chi connectivity index (χ3v) is 5.60. The zero-order valence-electron chi connectivity index (χ0n) is 17.4. The van der Waals surface area contributed by atoms with Crippen LogP contribution in [0.5, 0.6) is 5.75 Å². The molecule has 0 saturated carbocycles. The summed E-state index contributed by atoms with van der Waals surface area (Å²) in [6.07, 6.45) is 2.69. The zero-order valence-corrected chi connectivity index (χ0v) is 17.4. The van der Waals surface area contributed by atoms with Crippen LogP contribution < -0.4 is 9.64 Å². The molecule has 1 saturated heterocycles. The fourth-order valence-corrected chi connectivity index (χ4v) is 3.90. The van der Waals surface area contributed by atoms with Crippen molar-refractivity contribution in [3.63, 3.8) is 0 Å². The third-order valence-electron chi connectivity index (χ3n) is 5.60. The topological polar surface area (TPSA) is 79.3 Å². The molecule has 2 aromatic heterocycles. The Labute approximate surface area is 180 Å². The average molecular weight is 416 g/mol. The molecule has 0 atom stereocenters. The number of aromatic nitrogens is 4. The van der Waals surface area contributed by atoms with Crippen molar-refractivity contribution in [1.82, 2.24) is 24.6 Å². The number of carbonyl (C=O) groups excluding carboxylic acids is 1. The normalized spacial score (nSPS) is 14.6. The van der Waals surface area contributed by atoms with Crippen LogP contribution in [0.15, 0.2) is 60.8 Å². The summed E-state index contributed by atoms with van der Waals surface area (Å²) in [5.41, 5.74) is 3.32. The Kier molecular flexibility index (Phi) is 5.03. The Morgan fingerprint density at radius 2 is 1.84 bits per heavy atom. The standard InChI is InChI=1S/C23H24N6O2/c1-31-18-9-7-17(8-10-18)29-14-11-21(26-29)22(30)27-12-4-13-28(16-15-27)23-24-19-5-2-3-6-20(19)25-23/h2-3,5-11,14H,4,12-13,15-16H2,1H3,(H,24,25). The summed E-state index contributed by atoms with van der Waals surface area (Å²) in [6.45, 7) is 2.91. The highest BCUT2D eigenvalue weighted by Crippen LogP contribution is 2.19. The summed E-state index contributed by atoms with van der Waals surface area (Å²) < 4.78 is 6.91. The van der Waals surface area contributed by atoms with Crippen molar-refractivity contribution < 1.29 is 9.53 Å². The molecule has 5 rings (SSSR count). The Morgan fingerprint density at radius 3 is 2.65 bits per heavy atom. The molecule has 1 amide bonds. The largest absolute Gasteiger partial charge is 0.497 e. The summed E-state index contributed by atoms with van der Waals surface area (Å²) in [6, 6.07) is 17.4. The predicted molar refractivity (Wildman–Crippen MR) is 119 cm³/mol. The second-order valence-electron chi connectivity index (χ2n) is 7.55. The maximum atomic E-state index is 13.1. The van der Waals surface area contributed by atoms with Gasteiger partial charge in [-0.2, -0.15) is 5.10 Å². The van der Waals surface area contributed by atoms with Crippen LogP contribution in [0.1, 0.15) is 16.9 Å². The van der Waals surface area contributed by atoms with Crippen molar-refractivity contribution in [2.24, 2.45) is 0 Å². The summed E-state index contributed by atoms with van der Waals surface area (Å²) in [7, 11) is 1.64. The lowest BCUT2D eigenvalue weighted by Crippen LogP contribution is -2.35. The molecule has 1 fully saturated rings. The number of anilines is 1. The van der Waals surface area contributed by atoms with Gasteiger partial charge in [-0.15, -0.1) is 0 Å². The van der Waals surface area contributed by atoms with E-state index in [9.17, 15) is 4.79 Å². The Bertz CT molecular complexity index is 1160. The number of hydrogen-bond acceptors (Lipinski definition) is 5. The average Bonchev–Trinajstić information content (AvgIpc) is 3.40. The molecular formula is C23H24N6O2. The van der Waals surface area contributed by atoms with E-state index in [0.29, 0.717) is 18.8 Å². The van der Waals surface area contributed by atoms with E-state index in [1.165, 1.54) is 0 Å². The first kappa shape index (κ1) is 19.2. The van der Waals surface area contributed by atoms with Crippen molar-refractivity contribution in [2.45, 2.75) is 6.42 Å². The first-order valence-corrected chi connectivity index (χ1v) is 10.4. The van der Waals surface area contributed by atoms with Crippen LogP contribution in [0.3, 0.4) is 0 Å². The summed E-state index contributed by atoms with van der Waals surface area (Å²) in [4.78, 5) is 25.2. The van der Waals surface area contributed by atoms with E-state index < -0.39 is 0 Å². The number of methoxy groups -OCH3 is 1. The lowest BCUT2D eigenvalue weighted by atomic mass is 10.3. The van der Waals surface area contributed by atoms with Crippen LogP contribution in [0, 0.1) is 0 Å². The Balaban J connectivity index is 1.27. The number of rotatable bonds is 4. The number of nitrogens with one attached hydrogen (secondary N) is 1. The number of amides is 1. The Hall–Kier alpha value is -3.81. The number of carbonyl (C=O) groups is 1. The van der Waals surface area contributed by atoms with Crippen molar-refractivity contribution in [1.29, 1.82) is 0 Å². The van der Waals surface area contributed by atoms with Gasteiger partial charge in [0.25, 0.3) is 5.91 Å². The lowest BCUT2D eigenvalue weighted by molar-refractivity contribution is 0.0760. The monoisotopic (exact) mass is 416 g/mol. The molecule has 0 bridgehead atoms. The molecule has 1 N–H and O–H groups in total. The van der Waals surface area contributed by atoms with Crippen molar-refractivity contribution in [3.05, 3.63) is 66.5 Å². The fraction of sp³-hybridized carbons (Fsp3) is 0.261. The van der Waals surface area contributed by atoms with E-state index >= 15 is 0 Å². The fourth-order valence-electron chi connectivity index (χ4n) is 3.90. The van der Waals surface area contributed by atoms with Gasteiger partial charge in [-0.3, -0.25) is 4.79 Å². The van der Waals surface area contributed by atoms with Crippen LogP contribution in [0.25, 0.3) is 16.7 Å². The minimum atomic E-state index is -0.0429. The lowest BCUT2D eigenvalue weighted by Gasteiger charge is -2.21. The molecule has 0 spiro atoms. The predicted octanol–water partition coefficient (Wildman–Crippen LogP) is 3.11. The SMILES string of the molecule is COc1ccc(-n2ccc(C(=O)N3CCCN(c4nc5ccccc5[nH]4)CC3)n2)cc1. The first-order valence-electron chi connectivity index (χ1n) is 10.4. The highest BCUT2D eigenvalue weighted by Gasteiger charge is 2.23. The Morgan fingerprint density at radius 1 is 1.00 bits per heavy atom. The van der Waals surface area contributed by atoms with E-state index in [2.05, 4.69) is 15.0 Å². The van der Waals surface area contributed by atoms with Gasteiger partial charge in [0.15, 0.2) is 5.69 Å². The highest BCUT2D eigenvalue weighted by atomic mass is 16.5. The van der Waals surface area contributed by atoms with Gasteiger partial charge in [-0.1, -0.05) is 12.1 Å². The van der Waals surface area contributed by atoms with E-state index in [0.717, 1.165) is 47.9 Å². The van der Waals surface area contributed by atoms with Gasteiger partial charge in [-0.05, 0) is 48.9 Å². The smallest absolute Gasteiger partial charge is 0.274 e. The second kappa shape index (κ2) is 8.14. The van der Waals surface area contributed by atoms with Crippen LogP contribution >= 0.6 is 0 Å². The number of H-pyrrole nitrogens is 1. The van der Waals surface area contributed by atoms with Gasteiger partial charge in [0.05, 0.1) is 23.8 Å². The zero-order chi connectivity index (χ0) is 21.2. The van der Waals surface area contributed by atoms with E-state index in [-0.39, 0.29) is 5.91 Å². The molecule has 1 aliphatic rings. The molecular weight excluding hydrogens is 392 g/mol. The first-order chi connectivity index (χ1) is 15.2. The summed E-state index contributed by atoms with van der Waals surface area (Å²) in [5, 5.41) is 4.50. The molecule has 31 heavy (non-hydrogen) atoms. The molecule has 0 unspecified atom stereocenters. The molecule has 0 radical (unpaired) electrons. The van der Waals surface area contributed by atoms with Crippen LogP contribution in [-0.4, -0.2) is 63.8 Å². The third kappa shape index (κ3) is 3.84. The minimum absolute atomic E-state index is 0.0429. The van der Waals surface area contributed by atoms with Crippen LogP contribution in [-0.2, 0) is 0 Å². The summed E-state index contributed by atoms with van der Waals surface area (Å²) >= 11 is 0. The van der Waals surface area contributed by atoms with E-state index in [1.54, 1.807) is 17.9 Å². The van der Waals surface area contributed by atoms with Gasteiger partial charge in [0.2, 0.25) is 5.95 Å². The number of fused-ring (bicyclic) bond motifs is 1. The molecule has 8 heteroatoms. The number of para-hydroxylation sites is 2.